The van der Waals surface area contributed by atoms with Crippen molar-refractivity contribution in [2.24, 2.45) is 12.8 Å². The molecule has 4 rings (SSSR count). The number of aliphatic hydroxyl groups is 1. The summed E-state index contributed by atoms with van der Waals surface area (Å²) in [6.45, 7) is 2.98. The van der Waals surface area contributed by atoms with Crippen LogP contribution in [0.1, 0.15) is 22.8 Å². The van der Waals surface area contributed by atoms with E-state index in [-0.39, 0.29) is 30.0 Å². The fraction of sp³-hybridized carbons (Fsp3) is 0.226. The summed E-state index contributed by atoms with van der Waals surface area (Å²) in [5, 5.41) is 21.0. The summed E-state index contributed by atoms with van der Waals surface area (Å²) >= 11 is 0. The van der Waals surface area contributed by atoms with E-state index >= 15 is 0 Å². The van der Waals surface area contributed by atoms with Crippen LogP contribution in [0.5, 0.6) is 17.2 Å². The number of benzene rings is 3. The van der Waals surface area contributed by atoms with Crippen LogP contribution in [0.2, 0.25) is 0 Å². The van der Waals surface area contributed by atoms with E-state index in [0.29, 0.717) is 24.6 Å². The van der Waals surface area contributed by atoms with Crippen molar-refractivity contribution in [3.63, 3.8) is 0 Å². The Labute approximate surface area is 232 Å². The number of nitrogens with two attached hydrogens (primary N) is 1. The van der Waals surface area contributed by atoms with Gasteiger partial charge in [0.25, 0.3) is 11.5 Å². The smallest absolute Gasteiger partial charge is 0.252 e. The second-order valence-corrected chi connectivity index (χ2v) is 9.70. The molecule has 1 atom stereocenters. The molecule has 3 aromatic carbocycles. The molecule has 0 fully saturated rings. The minimum absolute atomic E-state index is 0.0181. The molecule has 1 unspecified atom stereocenters. The van der Waals surface area contributed by atoms with Gasteiger partial charge >= 0.3 is 0 Å². The number of rotatable bonds is 12. The molecule has 0 saturated heterocycles. The number of aromatic hydroxyl groups is 1. The molecule has 1 heterocycles. The maximum Gasteiger partial charge on any atom is 0.252 e. The third-order valence-electron chi connectivity index (χ3n) is 6.35. The van der Waals surface area contributed by atoms with Crippen LogP contribution in [0.15, 0.2) is 95.8 Å². The van der Waals surface area contributed by atoms with Gasteiger partial charge in [0, 0.05) is 33.1 Å². The van der Waals surface area contributed by atoms with E-state index in [1.165, 1.54) is 18.2 Å². The van der Waals surface area contributed by atoms with Gasteiger partial charge in [0.15, 0.2) is 0 Å². The van der Waals surface area contributed by atoms with Crippen LogP contribution in [0.4, 0.5) is 0 Å². The quantitative estimate of drug-likeness (QED) is 0.233. The zero-order valence-corrected chi connectivity index (χ0v) is 22.5. The topological polar surface area (TPSA) is 127 Å². The second-order valence-electron chi connectivity index (χ2n) is 9.70. The molecule has 4 aromatic rings. The van der Waals surface area contributed by atoms with Gasteiger partial charge in [-0.1, -0.05) is 36.4 Å². The molecule has 9 heteroatoms. The van der Waals surface area contributed by atoms with Crippen LogP contribution in [0.25, 0.3) is 11.3 Å². The predicted octanol–water partition coefficient (Wildman–Crippen LogP) is 3.53. The van der Waals surface area contributed by atoms with Gasteiger partial charge in [-0.2, -0.15) is 0 Å². The van der Waals surface area contributed by atoms with E-state index < -0.39 is 11.7 Å². The molecule has 40 heavy (non-hydrogen) atoms. The minimum Gasteiger partial charge on any atom is -0.507 e. The van der Waals surface area contributed by atoms with Gasteiger partial charge in [-0.3, -0.25) is 14.5 Å². The Morgan fingerprint density at radius 1 is 0.975 bits per heavy atom. The summed E-state index contributed by atoms with van der Waals surface area (Å²) in [7, 11) is 1.72. The zero-order valence-electron chi connectivity index (χ0n) is 22.5. The second kappa shape index (κ2) is 12.5. The lowest BCUT2D eigenvalue weighted by molar-refractivity contribution is -0.139. The van der Waals surface area contributed by atoms with Crippen molar-refractivity contribution < 1.29 is 24.5 Å². The van der Waals surface area contributed by atoms with E-state index in [0.717, 1.165) is 16.8 Å². The van der Waals surface area contributed by atoms with Gasteiger partial charge in [0.1, 0.15) is 23.9 Å². The lowest BCUT2D eigenvalue weighted by Crippen LogP contribution is -2.46. The standard InChI is InChI=1S/C31H33N3O6/c1-31(38,40-24-13-11-23(12-14-24)27-9-6-10-29(36)33(27)2)21-34(20-22-7-4-3-5-8-22)17-18-39-25-15-16-28(35)26(19-25)30(32)37/h3-16,19,35,38H,17-18,20-21H2,1-2H3,(H2,32,37). The first-order valence-corrected chi connectivity index (χ1v) is 12.8. The van der Waals surface area contributed by atoms with Gasteiger partial charge in [-0.25, -0.2) is 0 Å². The Morgan fingerprint density at radius 3 is 2.38 bits per heavy atom. The maximum atomic E-state index is 12.0. The third-order valence-corrected chi connectivity index (χ3v) is 6.35. The van der Waals surface area contributed by atoms with Crippen LogP contribution < -0.4 is 20.8 Å². The number of phenols is 1. The van der Waals surface area contributed by atoms with Gasteiger partial charge in [0.2, 0.25) is 5.79 Å². The van der Waals surface area contributed by atoms with Crippen molar-refractivity contribution in [3.05, 3.63) is 112 Å². The van der Waals surface area contributed by atoms with Crippen molar-refractivity contribution >= 4 is 5.91 Å². The highest BCUT2D eigenvalue weighted by atomic mass is 16.6. The molecule has 4 N–H and O–H groups in total. The first-order valence-electron chi connectivity index (χ1n) is 12.8. The van der Waals surface area contributed by atoms with Crippen LogP contribution in [-0.2, 0) is 13.6 Å². The Kier molecular flexibility index (Phi) is 8.88. The first-order chi connectivity index (χ1) is 19.1. The maximum absolute atomic E-state index is 12.0. The minimum atomic E-state index is -1.53. The van der Waals surface area contributed by atoms with Crippen molar-refractivity contribution in [1.82, 2.24) is 9.47 Å². The van der Waals surface area contributed by atoms with Crippen molar-refractivity contribution in [1.29, 1.82) is 0 Å². The number of nitrogens with zero attached hydrogens (tertiary/aromatic N) is 2. The summed E-state index contributed by atoms with van der Waals surface area (Å²) < 4.78 is 13.4. The van der Waals surface area contributed by atoms with Crippen LogP contribution in [-0.4, -0.2) is 51.1 Å². The van der Waals surface area contributed by atoms with Crippen LogP contribution >= 0.6 is 0 Å². The number of pyridine rings is 1. The molecule has 0 aliphatic carbocycles. The number of carbonyl (C=O) groups excluding carboxylic acids is 1. The van der Waals surface area contributed by atoms with Gasteiger partial charge < -0.3 is 30.0 Å². The van der Waals surface area contributed by atoms with E-state index in [9.17, 15) is 19.8 Å². The molecule has 1 aromatic heterocycles. The average Bonchev–Trinajstić information content (AvgIpc) is 2.91. The number of amides is 1. The van der Waals surface area contributed by atoms with E-state index in [1.54, 1.807) is 42.8 Å². The largest absolute Gasteiger partial charge is 0.507 e. The Morgan fingerprint density at radius 2 is 1.68 bits per heavy atom. The van der Waals surface area contributed by atoms with E-state index in [4.69, 9.17) is 15.2 Å². The van der Waals surface area contributed by atoms with Crippen LogP contribution in [0.3, 0.4) is 0 Å². The zero-order chi connectivity index (χ0) is 28.7. The number of ether oxygens (including phenoxy) is 2. The molecule has 0 bridgehead atoms. The highest BCUT2D eigenvalue weighted by molar-refractivity contribution is 5.95. The molecule has 208 valence electrons. The molecule has 0 saturated carbocycles. The number of carbonyl (C=O) groups is 1. The van der Waals surface area contributed by atoms with Crippen molar-refractivity contribution in [2.45, 2.75) is 19.3 Å². The molecular weight excluding hydrogens is 510 g/mol. The monoisotopic (exact) mass is 543 g/mol. The third kappa shape index (κ3) is 7.49. The normalized spacial score (nSPS) is 12.6. The molecule has 9 nitrogen and oxygen atoms in total. The van der Waals surface area contributed by atoms with Crippen molar-refractivity contribution in [3.8, 4) is 28.5 Å². The summed E-state index contributed by atoms with van der Waals surface area (Å²) in [4.78, 5) is 25.5. The summed E-state index contributed by atoms with van der Waals surface area (Å²) in [6.07, 6.45) is 0. The number of primary amides is 1. The lowest BCUT2D eigenvalue weighted by Gasteiger charge is -2.32. The molecule has 1 amide bonds. The van der Waals surface area contributed by atoms with Crippen molar-refractivity contribution in [2.75, 3.05) is 19.7 Å². The van der Waals surface area contributed by atoms with Gasteiger partial charge in [-0.15, -0.1) is 0 Å². The summed E-state index contributed by atoms with van der Waals surface area (Å²) in [5.74, 6) is -1.62. The number of hydrogen-bond donors (Lipinski definition) is 3. The fourth-order valence-electron chi connectivity index (χ4n) is 4.40. The summed E-state index contributed by atoms with van der Waals surface area (Å²) in [6, 6.07) is 26.4. The fourth-order valence-corrected chi connectivity index (χ4v) is 4.40. The van der Waals surface area contributed by atoms with E-state index in [2.05, 4.69) is 0 Å². The highest BCUT2D eigenvalue weighted by Crippen LogP contribution is 2.25. The molecule has 0 radical (unpaired) electrons. The molecular formula is C31H33N3O6. The van der Waals surface area contributed by atoms with E-state index in [1.807, 2.05) is 53.4 Å². The van der Waals surface area contributed by atoms with Gasteiger partial charge in [-0.05, 0) is 59.7 Å². The average molecular weight is 544 g/mol. The Bertz CT molecular complexity index is 1500. The first kappa shape index (κ1) is 28.4. The number of aromatic nitrogens is 1. The molecule has 0 aliphatic rings. The Hall–Kier alpha value is -4.60. The van der Waals surface area contributed by atoms with Gasteiger partial charge in [0.05, 0.1) is 17.8 Å². The lowest BCUT2D eigenvalue weighted by atomic mass is 10.1. The predicted molar refractivity (Wildman–Crippen MR) is 152 cm³/mol. The molecule has 0 spiro atoms. The SMILES string of the molecule is Cn1c(-c2ccc(OC(C)(O)CN(CCOc3ccc(O)c(C(N)=O)c3)Cc3ccccc3)cc2)cccc1=O. The number of hydrogen-bond acceptors (Lipinski definition) is 7. The summed E-state index contributed by atoms with van der Waals surface area (Å²) in [5.41, 5.74) is 7.88. The van der Waals surface area contributed by atoms with Crippen LogP contribution in [0, 0.1) is 0 Å². The molecule has 0 aliphatic heterocycles. The Balaban J connectivity index is 1.43. The highest BCUT2D eigenvalue weighted by Gasteiger charge is 2.26.